The molecular formula is C28H31N3O5. The number of allylic oxidation sites excluding steroid dienone is 1. The fourth-order valence-electron chi connectivity index (χ4n) is 3.55. The molecule has 36 heavy (non-hydrogen) atoms. The van der Waals surface area contributed by atoms with E-state index in [-0.39, 0.29) is 11.7 Å². The molecule has 0 aliphatic rings. The Morgan fingerprint density at radius 2 is 1.69 bits per heavy atom. The molecule has 0 saturated carbocycles. The number of hydrogen-bond donors (Lipinski definition) is 4. The number of amides is 2. The molecule has 0 bridgehead atoms. The molecule has 8 nitrogen and oxygen atoms in total. The van der Waals surface area contributed by atoms with Crippen molar-refractivity contribution >= 4 is 29.1 Å². The predicted molar refractivity (Wildman–Crippen MR) is 141 cm³/mol. The Labute approximate surface area is 210 Å². The lowest BCUT2D eigenvalue weighted by atomic mass is 10.00. The highest BCUT2D eigenvalue weighted by Gasteiger charge is 2.27. The third kappa shape index (κ3) is 7.89. The molecule has 0 aromatic heterocycles. The van der Waals surface area contributed by atoms with Crippen LogP contribution in [0.25, 0.3) is 0 Å². The lowest BCUT2D eigenvalue weighted by molar-refractivity contribution is -0.111. The molecule has 8 heteroatoms. The summed E-state index contributed by atoms with van der Waals surface area (Å²) in [6.45, 7) is 1.96. The molecule has 0 saturated heterocycles. The molecule has 0 spiro atoms. The van der Waals surface area contributed by atoms with Gasteiger partial charge in [-0.05, 0) is 67.8 Å². The third-order valence-electron chi connectivity index (χ3n) is 5.50. The second-order valence-electron chi connectivity index (χ2n) is 8.24. The second kappa shape index (κ2) is 13.0. The number of aryl methyl sites for hydroxylation is 1. The summed E-state index contributed by atoms with van der Waals surface area (Å²) in [5, 5.41) is 15.1. The van der Waals surface area contributed by atoms with Crippen LogP contribution in [0.1, 0.15) is 30.1 Å². The molecule has 0 unspecified atom stereocenters. The molecule has 2 amide bonds. The van der Waals surface area contributed by atoms with E-state index in [0.717, 1.165) is 5.56 Å². The number of nitrogens with two attached hydrogens (primary N) is 1. The number of nitrogen functional groups attached to an aromatic ring is 1. The number of para-hydroxylation sites is 2. The largest absolute Gasteiger partial charge is 0.508 e. The van der Waals surface area contributed by atoms with Crippen molar-refractivity contribution in [3.63, 3.8) is 0 Å². The van der Waals surface area contributed by atoms with Gasteiger partial charge in [-0.25, -0.2) is 4.79 Å². The first-order chi connectivity index (χ1) is 17.4. The van der Waals surface area contributed by atoms with Gasteiger partial charge in [0.2, 0.25) is 5.91 Å². The summed E-state index contributed by atoms with van der Waals surface area (Å²) < 4.78 is 11.4. The monoisotopic (exact) mass is 489 g/mol. The number of ether oxygens (including phenoxy) is 2. The maximum absolute atomic E-state index is 12.7. The number of anilines is 3. The van der Waals surface area contributed by atoms with E-state index in [1.54, 1.807) is 54.6 Å². The quantitative estimate of drug-likeness (QED) is 0.218. The third-order valence-corrected chi connectivity index (χ3v) is 5.50. The van der Waals surface area contributed by atoms with E-state index in [1.807, 2.05) is 19.1 Å². The number of carbonyl (C=O) groups excluding carboxylic acids is 2. The summed E-state index contributed by atoms with van der Waals surface area (Å²) in [7, 11) is 1.54. The maximum Gasteiger partial charge on any atom is 0.412 e. The standard InChI is InChI=1S/C28H31N3O5/c1-19-11-15-21(16-12-19)30-28(34)36-27(20-13-17-22(32)18-14-20)25(35-2)9-5-6-10-26(33)31-24-8-4-3-7-23(24)29/h3-4,6-8,10-18,25,27,32H,5,9,29H2,1-2H3,(H,30,34)(H,31,33)/b10-6+/t25-,27-/m0/s1. The SMILES string of the molecule is CO[C@@H](CC/C=C/C(=O)Nc1ccccc1N)[C@@H](OC(=O)Nc1ccc(C)cc1)c1ccc(O)cc1. The summed E-state index contributed by atoms with van der Waals surface area (Å²) >= 11 is 0. The van der Waals surface area contributed by atoms with Crippen LogP contribution in [0.3, 0.4) is 0 Å². The normalized spacial score (nSPS) is 12.6. The number of carbonyl (C=O) groups is 2. The first-order valence-corrected chi connectivity index (χ1v) is 11.5. The highest BCUT2D eigenvalue weighted by atomic mass is 16.6. The van der Waals surface area contributed by atoms with Gasteiger partial charge in [0.15, 0.2) is 6.10 Å². The van der Waals surface area contributed by atoms with Crippen molar-refractivity contribution in [1.29, 1.82) is 0 Å². The molecule has 3 rings (SSSR count). The molecule has 0 heterocycles. The van der Waals surface area contributed by atoms with Gasteiger partial charge in [-0.2, -0.15) is 0 Å². The fraction of sp³-hybridized carbons (Fsp3) is 0.214. The summed E-state index contributed by atoms with van der Waals surface area (Å²) in [6, 6.07) is 20.8. The molecule has 0 aliphatic carbocycles. The lowest BCUT2D eigenvalue weighted by Gasteiger charge is -2.26. The van der Waals surface area contributed by atoms with E-state index >= 15 is 0 Å². The van der Waals surface area contributed by atoms with Gasteiger partial charge in [0.25, 0.3) is 0 Å². The van der Waals surface area contributed by atoms with Crippen LogP contribution in [-0.2, 0) is 14.3 Å². The molecule has 0 radical (unpaired) electrons. The fourth-order valence-corrected chi connectivity index (χ4v) is 3.55. The Morgan fingerprint density at radius 1 is 1.00 bits per heavy atom. The van der Waals surface area contributed by atoms with Crippen LogP contribution in [0, 0.1) is 6.92 Å². The number of methoxy groups -OCH3 is 1. The first-order valence-electron chi connectivity index (χ1n) is 11.5. The van der Waals surface area contributed by atoms with Crippen molar-refractivity contribution < 1.29 is 24.2 Å². The zero-order valence-electron chi connectivity index (χ0n) is 20.3. The van der Waals surface area contributed by atoms with Crippen molar-refractivity contribution in [2.45, 2.75) is 32.0 Å². The van der Waals surface area contributed by atoms with Gasteiger partial charge in [0, 0.05) is 12.8 Å². The molecule has 3 aromatic carbocycles. The Hall–Kier alpha value is -4.30. The molecule has 188 valence electrons. The van der Waals surface area contributed by atoms with Gasteiger partial charge in [-0.15, -0.1) is 0 Å². The molecule has 0 fully saturated rings. The van der Waals surface area contributed by atoms with E-state index in [2.05, 4.69) is 10.6 Å². The summed E-state index contributed by atoms with van der Waals surface area (Å²) in [4.78, 5) is 24.9. The van der Waals surface area contributed by atoms with E-state index < -0.39 is 18.3 Å². The smallest absolute Gasteiger partial charge is 0.412 e. The van der Waals surface area contributed by atoms with E-state index in [1.165, 1.54) is 25.3 Å². The average Bonchev–Trinajstić information content (AvgIpc) is 2.86. The maximum atomic E-state index is 12.7. The highest BCUT2D eigenvalue weighted by Crippen LogP contribution is 2.28. The van der Waals surface area contributed by atoms with Gasteiger partial charge in [-0.3, -0.25) is 10.1 Å². The Morgan fingerprint density at radius 3 is 2.36 bits per heavy atom. The number of nitrogens with one attached hydrogen (secondary N) is 2. The van der Waals surface area contributed by atoms with Gasteiger partial charge in [0.05, 0.1) is 17.5 Å². The lowest BCUT2D eigenvalue weighted by Crippen LogP contribution is -2.28. The van der Waals surface area contributed by atoms with E-state index in [4.69, 9.17) is 15.2 Å². The first kappa shape index (κ1) is 26.3. The second-order valence-corrected chi connectivity index (χ2v) is 8.24. The van der Waals surface area contributed by atoms with Crippen LogP contribution in [0.15, 0.2) is 84.9 Å². The van der Waals surface area contributed by atoms with E-state index in [9.17, 15) is 14.7 Å². The molecular weight excluding hydrogens is 458 g/mol. The molecule has 5 N–H and O–H groups in total. The number of benzene rings is 3. The van der Waals surface area contributed by atoms with Crippen molar-refractivity contribution in [2.75, 3.05) is 23.5 Å². The number of phenolic OH excluding ortho intramolecular Hbond substituents is 1. The van der Waals surface area contributed by atoms with Gasteiger partial charge in [-0.1, -0.05) is 48.0 Å². The van der Waals surface area contributed by atoms with Crippen molar-refractivity contribution in [2.24, 2.45) is 0 Å². The Kier molecular flexibility index (Phi) is 9.48. The Bertz CT molecular complexity index is 1180. The summed E-state index contributed by atoms with van der Waals surface area (Å²) in [5.41, 5.74) is 9.23. The van der Waals surface area contributed by atoms with Gasteiger partial charge >= 0.3 is 6.09 Å². The van der Waals surface area contributed by atoms with Crippen LogP contribution >= 0.6 is 0 Å². The van der Waals surface area contributed by atoms with Crippen molar-refractivity contribution in [3.8, 4) is 5.75 Å². The minimum Gasteiger partial charge on any atom is -0.508 e. The molecule has 0 aliphatic heterocycles. The summed E-state index contributed by atoms with van der Waals surface area (Å²) in [5.74, 6) is -0.200. The van der Waals surface area contributed by atoms with E-state index in [0.29, 0.717) is 35.5 Å². The minimum absolute atomic E-state index is 0.101. The van der Waals surface area contributed by atoms with Crippen molar-refractivity contribution in [3.05, 3.63) is 96.1 Å². The topological polar surface area (TPSA) is 123 Å². The van der Waals surface area contributed by atoms with Crippen LogP contribution in [0.4, 0.5) is 21.9 Å². The van der Waals surface area contributed by atoms with Crippen LogP contribution < -0.4 is 16.4 Å². The predicted octanol–water partition coefficient (Wildman–Crippen LogP) is 5.56. The van der Waals surface area contributed by atoms with Gasteiger partial charge < -0.3 is 25.6 Å². The number of rotatable bonds is 10. The number of phenols is 1. The molecule has 2 atom stereocenters. The van der Waals surface area contributed by atoms with Crippen molar-refractivity contribution in [1.82, 2.24) is 0 Å². The van der Waals surface area contributed by atoms with Crippen LogP contribution in [-0.4, -0.2) is 30.3 Å². The zero-order valence-corrected chi connectivity index (χ0v) is 20.3. The number of hydrogen-bond acceptors (Lipinski definition) is 6. The highest BCUT2D eigenvalue weighted by molar-refractivity contribution is 6.01. The van der Waals surface area contributed by atoms with Crippen LogP contribution in [0.2, 0.25) is 0 Å². The van der Waals surface area contributed by atoms with Gasteiger partial charge in [0.1, 0.15) is 5.75 Å². The average molecular weight is 490 g/mol. The molecule has 3 aromatic rings. The zero-order chi connectivity index (χ0) is 25.9. The summed E-state index contributed by atoms with van der Waals surface area (Å²) in [6.07, 6.45) is 2.24. The van der Waals surface area contributed by atoms with Crippen LogP contribution in [0.5, 0.6) is 5.75 Å². The Balaban J connectivity index is 1.64. The minimum atomic E-state index is -0.743. The number of aromatic hydroxyl groups is 1.